The van der Waals surface area contributed by atoms with Gasteiger partial charge in [0.1, 0.15) is 12.7 Å². The van der Waals surface area contributed by atoms with Gasteiger partial charge in [-0.05, 0) is 77.0 Å². The van der Waals surface area contributed by atoms with Crippen LogP contribution in [0.2, 0.25) is 0 Å². The SMILES string of the molecule is CCCCC/C=C/C/C=C/C/C=C/C/C=C/CCCC(=O)O[C@H](COC(=O)CCCCCCCCC/C=C/CCCCCC)COP(=O)(O)OC[C@@H](O)CO. The van der Waals surface area contributed by atoms with Gasteiger partial charge in [-0.25, -0.2) is 4.57 Å². The highest BCUT2D eigenvalue weighted by molar-refractivity contribution is 7.47. The monoisotopic (exact) mass is 797 g/mol. The van der Waals surface area contributed by atoms with E-state index >= 15 is 0 Å². The summed E-state index contributed by atoms with van der Waals surface area (Å²) in [6.45, 7) is 2.26. The highest BCUT2D eigenvalue weighted by atomic mass is 31.2. The number of aliphatic hydroxyl groups excluding tert-OH is 2. The van der Waals surface area contributed by atoms with Crippen LogP contribution in [-0.4, -0.2) is 65.7 Å². The summed E-state index contributed by atoms with van der Waals surface area (Å²) in [6.07, 6.45) is 43.3. The summed E-state index contributed by atoms with van der Waals surface area (Å²) in [5, 5.41) is 18.3. The summed E-state index contributed by atoms with van der Waals surface area (Å²) in [7, 11) is -4.63. The van der Waals surface area contributed by atoms with Crippen LogP contribution >= 0.6 is 7.82 Å². The van der Waals surface area contributed by atoms with Crippen LogP contribution in [0.5, 0.6) is 0 Å². The van der Waals surface area contributed by atoms with Crippen LogP contribution < -0.4 is 0 Å². The topological polar surface area (TPSA) is 149 Å². The molecule has 11 heteroatoms. The van der Waals surface area contributed by atoms with Gasteiger partial charge in [-0.3, -0.25) is 18.6 Å². The number of unbranched alkanes of at least 4 members (excludes halogenated alkanes) is 15. The van der Waals surface area contributed by atoms with Gasteiger partial charge in [0, 0.05) is 12.8 Å². The van der Waals surface area contributed by atoms with E-state index in [4.69, 9.17) is 19.1 Å². The zero-order valence-electron chi connectivity index (χ0n) is 34.4. The number of phosphoric ester groups is 1. The molecule has 10 nitrogen and oxygen atoms in total. The van der Waals surface area contributed by atoms with Crippen LogP contribution in [0.15, 0.2) is 60.8 Å². The second kappa shape index (κ2) is 39.9. The van der Waals surface area contributed by atoms with Crippen molar-refractivity contribution in [1.82, 2.24) is 0 Å². The Kier molecular flexibility index (Phi) is 38.2. The zero-order chi connectivity index (χ0) is 40.5. The van der Waals surface area contributed by atoms with E-state index in [1.54, 1.807) is 0 Å². The third kappa shape index (κ3) is 39.7. The number of carbonyl (C=O) groups is 2. The summed E-state index contributed by atoms with van der Waals surface area (Å²) in [5.74, 6) is -0.999. The standard InChI is InChI=1S/C44H77O10P/c1-3-5-7-9-11-13-15-17-19-20-22-24-26-28-30-32-34-36-44(48)54-42(40-53-55(49,50)52-38-41(46)37-45)39-51-43(47)35-33-31-29-27-25-23-21-18-16-14-12-10-8-6-4-2/h11,13-14,16-17,19,22,24,28,30,41-42,45-46H,3-10,12,15,18,20-21,23,25-27,29,31-40H2,1-2H3,(H,49,50)/b13-11+,16-14+,19-17+,24-22+,30-28+/t41-,42+/m0/s1. The van der Waals surface area contributed by atoms with E-state index in [1.165, 1.54) is 70.6 Å². The molecule has 0 bridgehead atoms. The Balaban J connectivity index is 4.43. The van der Waals surface area contributed by atoms with Crippen molar-refractivity contribution in [2.45, 2.75) is 180 Å². The molecule has 318 valence electrons. The quantitative estimate of drug-likeness (QED) is 0.0237. The van der Waals surface area contributed by atoms with Gasteiger partial charge in [0.05, 0.1) is 19.8 Å². The van der Waals surface area contributed by atoms with Gasteiger partial charge in [0.25, 0.3) is 0 Å². The fourth-order valence-electron chi connectivity index (χ4n) is 5.33. The molecule has 3 N–H and O–H groups in total. The van der Waals surface area contributed by atoms with Gasteiger partial charge < -0.3 is 24.6 Å². The average Bonchev–Trinajstić information content (AvgIpc) is 3.17. The zero-order valence-corrected chi connectivity index (χ0v) is 35.3. The minimum absolute atomic E-state index is 0.105. The molecule has 0 saturated carbocycles. The lowest BCUT2D eigenvalue weighted by Gasteiger charge is -2.20. The Labute approximate surface area is 334 Å². The molecule has 55 heavy (non-hydrogen) atoms. The van der Waals surface area contributed by atoms with Crippen molar-refractivity contribution >= 4 is 19.8 Å². The first-order valence-corrected chi connectivity index (χ1v) is 22.7. The maximum absolute atomic E-state index is 12.6. The predicted molar refractivity (Wildman–Crippen MR) is 224 cm³/mol. The van der Waals surface area contributed by atoms with Crippen LogP contribution in [-0.2, 0) is 32.7 Å². The molecule has 1 unspecified atom stereocenters. The second-order valence-corrected chi connectivity index (χ2v) is 15.5. The molecule has 0 heterocycles. The van der Waals surface area contributed by atoms with Crippen molar-refractivity contribution < 1.29 is 47.8 Å². The number of rotatable bonds is 39. The Morgan fingerprint density at radius 2 is 0.964 bits per heavy atom. The van der Waals surface area contributed by atoms with Crippen LogP contribution in [0.4, 0.5) is 0 Å². The smallest absolute Gasteiger partial charge is 0.462 e. The molecule has 0 aromatic rings. The van der Waals surface area contributed by atoms with E-state index < -0.39 is 51.8 Å². The minimum atomic E-state index is -4.63. The van der Waals surface area contributed by atoms with Crippen LogP contribution in [0.25, 0.3) is 0 Å². The molecule has 0 fully saturated rings. The van der Waals surface area contributed by atoms with Gasteiger partial charge in [-0.1, -0.05) is 139 Å². The second-order valence-electron chi connectivity index (χ2n) is 14.0. The van der Waals surface area contributed by atoms with Crippen LogP contribution in [0, 0.1) is 0 Å². The molecule has 0 aromatic carbocycles. The number of ether oxygens (including phenoxy) is 2. The minimum Gasteiger partial charge on any atom is -0.462 e. The predicted octanol–water partition coefficient (Wildman–Crippen LogP) is 11.1. The van der Waals surface area contributed by atoms with Crippen molar-refractivity contribution in [3.8, 4) is 0 Å². The van der Waals surface area contributed by atoms with Crippen molar-refractivity contribution in [3.05, 3.63) is 60.8 Å². The molecule has 0 aliphatic heterocycles. The van der Waals surface area contributed by atoms with E-state index in [9.17, 15) is 24.2 Å². The fraction of sp³-hybridized carbons (Fsp3) is 0.727. The third-order valence-electron chi connectivity index (χ3n) is 8.64. The average molecular weight is 797 g/mol. The molecule has 0 rings (SSSR count). The normalized spacial score (nSPS) is 14.5. The Morgan fingerprint density at radius 3 is 1.53 bits per heavy atom. The lowest BCUT2D eigenvalue weighted by molar-refractivity contribution is -0.161. The summed E-state index contributed by atoms with van der Waals surface area (Å²) >= 11 is 0. The number of phosphoric acid groups is 1. The number of aliphatic hydroxyl groups is 2. The first-order valence-electron chi connectivity index (χ1n) is 21.2. The highest BCUT2D eigenvalue weighted by Crippen LogP contribution is 2.43. The molecule has 0 aliphatic carbocycles. The number of carbonyl (C=O) groups excluding carboxylic acids is 2. The lowest BCUT2D eigenvalue weighted by atomic mass is 10.1. The summed E-state index contributed by atoms with van der Waals surface area (Å²) in [4.78, 5) is 34.9. The van der Waals surface area contributed by atoms with E-state index in [2.05, 4.69) is 67.0 Å². The van der Waals surface area contributed by atoms with Crippen molar-refractivity contribution in [3.63, 3.8) is 0 Å². The van der Waals surface area contributed by atoms with Crippen molar-refractivity contribution in [1.29, 1.82) is 0 Å². The highest BCUT2D eigenvalue weighted by Gasteiger charge is 2.27. The first kappa shape index (κ1) is 52.7. The van der Waals surface area contributed by atoms with Gasteiger partial charge in [-0.15, -0.1) is 0 Å². The Bertz CT molecular complexity index is 1100. The molecule has 0 amide bonds. The maximum atomic E-state index is 12.6. The van der Waals surface area contributed by atoms with E-state index in [1.807, 2.05) is 12.2 Å². The fourth-order valence-corrected chi connectivity index (χ4v) is 6.12. The summed E-state index contributed by atoms with van der Waals surface area (Å²) in [6, 6.07) is 0. The Morgan fingerprint density at radius 1 is 0.545 bits per heavy atom. The Hall–Kier alpha value is -2.33. The van der Waals surface area contributed by atoms with Crippen molar-refractivity contribution in [2.75, 3.05) is 26.4 Å². The van der Waals surface area contributed by atoms with E-state index in [0.717, 1.165) is 51.4 Å². The third-order valence-corrected chi connectivity index (χ3v) is 9.60. The van der Waals surface area contributed by atoms with Gasteiger partial charge in [-0.2, -0.15) is 0 Å². The van der Waals surface area contributed by atoms with Gasteiger partial charge in [0.15, 0.2) is 6.10 Å². The summed E-state index contributed by atoms with van der Waals surface area (Å²) in [5.41, 5.74) is 0. The maximum Gasteiger partial charge on any atom is 0.472 e. The largest absolute Gasteiger partial charge is 0.472 e. The van der Waals surface area contributed by atoms with E-state index in [0.29, 0.717) is 19.3 Å². The molecule has 0 aromatic heterocycles. The molecule has 0 spiro atoms. The number of allylic oxidation sites excluding steroid dienone is 10. The molecule has 0 saturated heterocycles. The van der Waals surface area contributed by atoms with E-state index in [-0.39, 0.29) is 19.4 Å². The molecule has 0 aliphatic rings. The molecular weight excluding hydrogens is 719 g/mol. The number of esters is 2. The number of hydrogen-bond donors (Lipinski definition) is 3. The first-order chi connectivity index (χ1) is 26.7. The van der Waals surface area contributed by atoms with Gasteiger partial charge >= 0.3 is 19.8 Å². The van der Waals surface area contributed by atoms with Crippen LogP contribution in [0.3, 0.4) is 0 Å². The number of hydrogen-bond acceptors (Lipinski definition) is 9. The van der Waals surface area contributed by atoms with Gasteiger partial charge in [0.2, 0.25) is 0 Å². The molecule has 0 radical (unpaired) electrons. The van der Waals surface area contributed by atoms with Crippen LogP contribution in [0.1, 0.15) is 168 Å². The molecular formula is C44H77O10P. The summed E-state index contributed by atoms with van der Waals surface area (Å²) < 4.78 is 32.6. The lowest BCUT2D eigenvalue weighted by Crippen LogP contribution is -2.29. The molecule has 3 atom stereocenters. The van der Waals surface area contributed by atoms with Crippen molar-refractivity contribution in [2.24, 2.45) is 0 Å².